The van der Waals surface area contributed by atoms with Crippen molar-refractivity contribution in [3.05, 3.63) is 23.8 Å². The summed E-state index contributed by atoms with van der Waals surface area (Å²) in [6, 6.07) is 7.19. The van der Waals surface area contributed by atoms with Gasteiger partial charge in [-0.15, -0.1) is 0 Å². The number of rotatable bonds is 4. The Morgan fingerprint density at radius 2 is 2.15 bits per heavy atom. The molecule has 1 aromatic carbocycles. The zero-order valence-electron chi connectivity index (χ0n) is 11.7. The van der Waals surface area contributed by atoms with Crippen molar-refractivity contribution in [1.82, 2.24) is 4.90 Å². The predicted octanol–water partition coefficient (Wildman–Crippen LogP) is 1.99. The molecule has 0 radical (unpaired) electrons. The minimum Gasteiger partial charge on any atom is -0.495 e. The summed E-state index contributed by atoms with van der Waals surface area (Å²) >= 11 is 0. The molecule has 0 aliphatic carbocycles. The molecule has 0 bridgehead atoms. The van der Waals surface area contributed by atoms with Gasteiger partial charge in [-0.05, 0) is 31.4 Å². The first-order valence-electron chi connectivity index (χ1n) is 6.84. The molecule has 1 aliphatic heterocycles. The predicted molar refractivity (Wildman–Crippen MR) is 76.6 cm³/mol. The van der Waals surface area contributed by atoms with Crippen LogP contribution in [0.5, 0.6) is 5.75 Å². The first kappa shape index (κ1) is 14.2. The lowest BCUT2D eigenvalue weighted by Gasteiger charge is -2.27. The van der Waals surface area contributed by atoms with E-state index in [1.807, 2.05) is 4.90 Å². The van der Waals surface area contributed by atoms with E-state index < -0.39 is 0 Å². The van der Waals surface area contributed by atoms with Gasteiger partial charge < -0.3 is 15.0 Å². The highest BCUT2D eigenvalue weighted by Gasteiger charge is 2.16. The molecule has 1 aliphatic rings. The summed E-state index contributed by atoms with van der Waals surface area (Å²) in [5, 5.41) is 11.9. The number of nitrogens with zero attached hydrogens (tertiary/aromatic N) is 2. The lowest BCUT2D eigenvalue weighted by Crippen LogP contribution is -2.39. The van der Waals surface area contributed by atoms with Gasteiger partial charge in [-0.2, -0.15) is 5.26 Å². The Hall–Kier alpha value is -2.22. The number of benzene rings is 1. The van der Waals surface area contributed by atoms with Gasteiger partial charge in [0.2, 0.25) is 5.91 Å². The number of amides is 1. The quantitative estimate of drug-likeness (QED) is 0.911. The van der Waals surface area contributed by atoms with Crippen molar-refractivity contribution in [1.29, 1.82) is 5.26 Å². The molecule has 5 heteroatoms. The second-order valence-corrected chi connectivity index (χ2v) is 4.82. The minimum atomic E-state index is 0.108. The van der Waals surface area contributed by atoms with Gasteiger partial charge in [0, 0.05) is 19.2 Å². The van der Waals surface area contributed by atoms with E-state index in [0.29, 0.717) is 11.3 Å². The average Bonchev–Trinajstić information content (AvgIpc) is 2.53. The van der Waals surface area contributed by atoms with Crippen LogP contribution in [0.4, 0.5) is 5.69 Å². The van der Waals surface area contributed by atoms with E-state index in [-0.39, 0.29) is 12.5 Å². The second-order valence-electron chi connectivity index (χ2n) is 4.82. The van der Waals surface area contributed by atoms with Gasteiger partial charge in [0.25, 0.3) is 0 Å². The molecular weight excluding hydrogens is 254 g/mol. The number of piperidine rings is 1. The number of nitriles is 1. The fourth-order valence-corrected chi connectivity index (χ4v) is 2.33. The summed E-state index contributed by atoms with van der Waals surface area (Å²) in [6.45, 7) is 1.96. The Morgan fingerprint density at radius 1 is 1.40 bits per heavy atom. The van der Waals surface area contributed by atoms with Crippen LogP contribution in [0.3, 0.4) is 0 Å². The van der Waals surface area contributed by atoms with Crippen LogP contribution in [0.15, 0.2) is 18.2 Å². The zero-order chi connectivity index (χ0) is 14.4. The highest BCUT2D eigenvalue weighted by molar-refractivity contribution is 5.81. The Balaban J connectivity index is 1.96. The molecule has 0 aromatic heterocycles. The van der Waals surface area contributed by atoms with Gasteiger partial charge in [-0.25, -0.2) is 0 Å². The number of likely N-dealkylation sites (tertiary alicyclic amines) is 1. The zero-order valence-corrected chi connectivity index (χ0v) is 11.7. The molecule has 1 saturated heterocycles. The van der Waals surface area contributed by atoms with E-state index in [1.165, 1.54) is 6.42 Å². The van der Waals surface area contributed by atoms with Gasteiger partial charge >= 0.3 is 0 Å². The minimum absolute atomic E-state index is 0.108. The Labute approximate surface area is 119 Å². The maximum Gasteiger partial charge on any atom is 0.241 e. The molecular formula is C15H19N3O2. The fourth-order valence-electron chi connectivity index (χ4n) is 2.33. The van der Waals surface area contributed by atoms with Crippen LogP contribution >= 0.6 is 0 Å². The molecule has 1 N–H and O–H groups in total. The topological polar surface area (TPSA) is 65.4 Å². The van der Waals surface area contributed by atoms with Crippen molar-refractivity contribution in [3.63, 3.8) is 0 Å². The van der Waals surface area contributed by atoms with Crippen LogP contribution in [0.2, 0.25) is 0 Å². The van der Waals surface area contributed by atoms with Crippen molar-refractivity contribution in [2.75, 3.05) is 32.1 Å². The largest absolute Gasteiger partial charge is 0.495 e. The number of hydrogen-bond acceptors (Lipinski definition) is 4. The maximum absolute atomic E-state index is 12.1. The van der Waals surface area contributed by atoms with Crippen LogP contribution in [0.1, 0.15) is 24.8 Å². The van der Waals surface area contributed by atoms with Gasteiger partial charge in [0.1, 0.15) is 5.75 Å². The number of ether oxygens (including phenoxy) is 1. The number of methoxy groups -OCH3 is 1. The van der Waals surface area contributed by atoms with E-state index in [9.17, 15) is 4.79 Å². The van der Waals surface area contributed by atoms with E-state index in [2.05, 4.69) is 11.4 Å². The maximum atomic E-state index is 12.1. The van der Waals surface area contributed by atoms with Crippen LogP contribution in [-0.4, -0.2) is 37.6 Å². The van der Waals surface area contributed by atoms with Gasteiger partial charge in [-0.1, -0.05) is 0 Å². The van der Waals surface area contributed by atoms with Crippen molar-refractivity contribution >= 4 is 11.6 Å². The normalized spacial score (nSPS) is 14.5. The van der Waals surface area contributed by atoms with Gasteiger partial charge in [-0.3, -0.25) is 4.79 Å². The summed E-state index contributed by atoms with van der Waals surface area (Å²) in [5.41, 5.74) is 1.27. The molecule has 1 heterocycles. The third-order valence-electron chi connectivity index (χ3n) is 3.47. The molecule has 2 rings (SSSR count). The molecule has 1 amide bonds. The summed E-state index contributed by atoms with van der Waals surface area (Å²) in [6.07, 6.45) is 3.39. The first-order valence-corrected chi connectivity index (χ1v) is 6.84. The second kappa shape index (κ2) is 6.80. The summed E-state index contributed by atoms with van der Waals surface area (Å²) in [5.74, 6) is 0.687. The molecule has 0 unspecified atom stereocenters. The molecule has 106 valence electrons. The van der Waals surface area contributed by atoms with Crippen molar-refractivity contribution < 1.29 is 9.53 Å². The van der Waals surface area contributed by atoms with E-state index in [4.69, 9.17) is 10.00 Å². The van der Waals surface area contributed by atoms with Gasteiger partial charge in [0.15, 0.2) is 0 Å². The lowest BCUT2D eigenvalue weighted by atomic mass is 10.1. The highest BCUT2D eigenvalue weighted by Crippen LogP contribution is 2.25. The summed E-state index contributed by atoms with van der Waals surface area (Å²) in [7, 11) is 1.55. The van der Waals surface area contributed by atoms with Crippen molar-refractivity contribution in [2.45, 2.75) is 19.3 Å². The van der Waals surface area contributed by atoms with E-state index in [0.717, 1.165) is 31.6 Å². The van der Waals surface area contributed by atoms with Crippen molar-refractivity contribution in [2.24, 2.45) is 0 Å². The number of hydrogen-bond donors (Lipinski definition) is 1. The Kier molecular flexibility index (Phi) is 4.83. The van der Waals surface area contributed by atoms with Gasteiger partial charge in [0.05, 0.1) is 31.0 Å². The Morgan fingerprint density at radius 3 is 2.80 bits per heavy atom. The van der Waals surface area contributed by atoms with Crippen LogP contribution in [0, 0.1) is 11.3 Å². The third-order valence-corrected chi connectivity index (χ3v) is 3.47. The standard InChI is InChI=1S/C15H19N3O2/c1-20-14-9-12(10-16)5-6-13(14)17-11-15(19)18-7-3-2-4-8-18/h5-6,9,17H,2-4,7-8,11H2,1H3. The summed E-state index contributed by atoms with van der Waals surface area (Å²) in [4.78, 5) is 14.0. The van der Waals surface area contributed by atoms with Crippen LogP contribution in [0.25, 0.3) is 0 Å². The highest BCUT2D eigenvalue weighted by atomic mass is 16.5. The van der Waals surface area contributed by atoms with E-state index >= 15 is 0 Å². The first-order chi connectivity index (χ1) is 9.74. The van der Waals surface area contributed by atoms with E-state index in [1.54, 1.807) is 25.3 Å². The molecule has 0 spiro atoms. The summed E-state index contributed by atoms with van der Waals surface area (Å²) < 4.78 is 5.23. The number of anilines is 1. The number of carbonyl (C=O) groups is 1. The van der Waals surface area contributed by atoms with Crippen LogP contribution < -0.4 is 10.1 Å². The van der Waals surface area contributed by atoms with Crippen molar-refractivity contribution in [3.8, 4) is 11.8 Å². The fraction of sp³-hybridized carbons (Fsp3) is 0.467. The third kappa shape index (κ3) is 3.41. The number of nitrogens with one attached hydrogen (secondary N) is 1. The lowest BCUT2D eigenvalue weighted by molar-refractivity contribution is -0.130. The average molecular weight is 273 g/mol. The molecule has 0 saturated carbocycles. The Bertz CT molecular complexity index is 516. The monoisotopic (exact) mass is 273 g/mol. The SMILES string of the molecule is COc1cc(C#N)ccc1NCC(=O)N1CCCCC1. The molecule has 5 nitrogen and oxygen atoms in total. The molecule has 0 atom stereocenters. The molecule has 1 aromatic rings. The smallest absolute Gasteiger partial charge is 0.241 e. The van der Waals surface area contributed by atoms with Crippen LogP contribution in [-0.2, 0) is 4.79 Å². The molecule has 1 fully saturated rings. The number of carbonyl (C=O) groups excluding carboxylic acids is 1. The molecule has 20 heavy (non-hydrogen) atoms.